The second kappa shape index (κ2) is 6.07. The summed E-state index contributed by atoms with van der Waals surface area (Å²) in [5.74, 6) is -1.13. The molecule has 0 aliphatic heterocycles. The standard InChI is InChI=1S/C13H19F2NO/c1-3-13(2,9-17)8-16-7-10-4-11(14)6-12(15)5-10/h4-6,16-17H,3,7-9H2,1-2H3/t13-/m0/s1. The zero-order valence-corrected chi connectivity index (χ0v) is 10.3. The molecule has 0 amide bonds. The van der Waals surface area contributed by atoms with Crippen LogP contribution in [0.2, 0.25) is 0 Å². The van der Waals surface area contributed by atoms with Crippen molar-refractivity contribution in [2.45, 2.75) is 26.8 Å². The van der Waals surface area contributed by atoms with Gasteiger partial charge in [0.05, 0.1) is 0 Å². The van der Waals surface area contributed by atoms with Crippen LogP contribution in [0.25, 0.3) is 0 Å². The molecule has 0 fully saturated rings. The zero-order chi connectivity index (χ0) is 12.9. The minimum absolute atomic E-state index is 0.0913. The summed E-state index contributed by atoms with van der Waals surface area (Å²) in [6, 6.07) is 3.46. The van der Waals surface area contributed by atoms with E-state index >= 15 is 0 Å². The normalized spacial score (nSPS) is 14.6. The number of aliphatic hydroxyl groups is 1. The SMILES string of the molecule is CC[C@](C)(CO)CNCc1cc(F)cc(F)c1. The molecule has 0 aliphatic rings. The van der Waals surface area contributed by atoms with Crippen LogP contribution in [0.5, 0.6) is 0 Å². The second-order valence-electron chi connectivity index (χ2n) is 4.70. The molecule has 0 aliphatic carbocycles. The van der Waals surface area contributed by atoms with Gasteiger partial charge in [-0.15, -0.1) is 0 Å². The molecule has 0 saturated carbocycles. The molecule has 2 nitrogen and oxygen atoms in total. The van der Waals surface area contributed by atoms with E-state index in [0.717, 1.165) is 12.5 Å². The zero-order valence-electron chi connectivity index (χ0n) is 10.3. The van der Waals surface area contributed by atoms with E-state index in [1.54, 1.807) is 0 Å². The Hall–Kier alpha value is -1.00. The van der Waals surface area contributed by atoms with Gasteiger partial charge < -0.3 is 10.4 Å². The van der Waals surface area contributed by atoms with Gasteiger partial charge in [0.25, 0.3) is 0 Å². The molecule has 0 saturated heterocycles. The molecule has 1 atom stereocenters. The lowest BCUT2D eigenvalue weighted by molar-refractivity contribution is 0.135. The third-order valence-electron chi connectivity index (χ3n) is 3.04. The average molecular weight is 243 g/mol. The van der Waals surface area contributed by atoms with Gasteiger partial charge in [-0.3, -0.25) is 0 Å². The number of aliphatic hydroxyl groups excluding tert-OH is 1. The summed E-state index contributed by atoms with van der Waals surface area (Å²) < 4.78 is 25.8. The Bertz CT molecular complexity index is 344. The number of halogens is 2. The molecule has 96 valence electrons. The summed E-state index contributed by atoms with van der Waals surface area (Å²) in [7, 11) is 0. The molecule has 1 aromatic carbocycles. The topological polar surface area (TPSA) is 32.3 Å². The lowest BCUT2D eigenvalue weighted by atomic mass is 9.88. The van der Waals surface area contributed by atoms with Crippen LogP contribution < -0.4 is 5.32 Å². The lowest BCUT2D eigenvalue weighted by Gasteiger charge is -2.25. The predicted octanol–water partition coefficient (Wildman–Crippen LogP) is 2.46. The predicted molar refractivity (Wildman–Crippen MR) is 63.5 cm³/mol. The first-order valence-corrected chi connectivity index (χ1v) is 5.75. The highest BCUT2D eigenvalue weighted by atomic mass is 19.1. The molecule has 0 spiro atoms. The smallest absolute Gasteiger partial charge is 0.126 e. The van der Waals surface area contributed by atoms with Gasteiger partial charge in [0.2, 0.25) is 0 Å². The maximum Gasteiger partial charge on any atom is 0.126 e. The van der Waals surface area contributed by atoms with E-state index < -0.39 is 11.6 Å². The van der Waals surface area contributed by atoms with Crippen LogP contribution in [-0.4, -0.2) is 18.3 Å². The lowest BCUT2D eigenvalue weighted by Crippen LogP contribution is -2.34. The first-order valence-electron chi connectivity index (χ1n) is 5.75. The van der Waals surface area contributed by atoms with E-state index in [-0.39, 0.29) is 12.0 Å². The molecule has 0 bridgehead atoms. The molecular formula is C13H19F2NO. The van der Waals surface area contributed by atoms with Crippen molar-refractivity contribution in [1.29, 1.82) is 0 Å². The summed E-state index contributed by atoms with van der Waals surface area (Å²) in [4.78, 5) is 0. The van der Waals surface area contributed by atoms with Crippen LogP contribution in [0.3, 0.4) is 0 Å². The van der Waals surface area contributed by atoms with Gasteiger partial charge >= 0.3 is 0 Å². The van der Waals surface area contributed by atoms with Gasteiger partial charge in [-0.25, -0.2) is 8.78 Å². The molecule has 2 N–H and O–H groups in total. The van der Waals surface area contributed by atoms with Crippen molar-refractivity contribution in [2.24, 2.45) is 5.41 Å². The fourth-order valence-electron chi connectivity index (χ4n) is 1.51. The molecule has 0 aromatic heterocycles. The van der Waals surface area contributed by atoms with Gasteiger partial charge in [-0.1, -0.05) is 13.8 Å². The summed E-state index contributed by atoms with van der Waals surface area (Å²) in [6.45, 7) is 5.06. The van der Waals surface area contributed by atoms with E-state index in [4.69, 9.17) is 0 Å². The van der Waals surface area contributed by atoms with Crippen LogP contribution >= 0.6 is 0 Å². The second-order valence-corrected chi connectivity index (χ2v) is 4.70. The Morgan fingerprint density at radius 2 is 1.82 bits per heavy atom. The Morgan fingerprint density at radius 1 is 1.24 bits per heavy atom. The maximum absolute atomic E-state index is 12.9. The monoisotopic (exact) mass is 243 g/mol. The quantitative estimate of drug-likeness (QED) is 0.804. The Balaban J connectivity index is 2.51. The molecular weight excluding hydrogens is 224 g/mol. The largest absolute Gasteiger partial charge is 0.396 e. The van der Waals surface area contributed by atoms with E-state index in [1.165, 1.54) is 12.1 Å². The van der Waals surface area contributed by atoms with Crippen molar-refractivity contribution < 1.29 is 13.9 Å². The van der Waals surface area contributed by atoms with Crippen molar-refractivity contribution in [3.8, 4) is 0 Å². The summed E-state index contributed by atoms with van der Waals surface area (Å²) in [5, 5.41) is 12.3. The van der Waals surface area contributed by atoms with E-state index in [2.05, 4.69) is 5.32 Å². The molecule has 0 unspecified atom stereocenters. The van der Waals surface area contributed by atoms with Crippen molar-refractivity contribution in [3.05, 3.63) is 35.4 Å². The molecule has 1 aromatic rings. The number of hydrogen-bond donors (Lipinski definition) is 2. The number of benzene rings is 1. The van der Waals surface area contributed by atoms with Crippen LogP contribution in [0.4, 0.5) is 8.78 Å². The summed E-state index contributed by atoms with van der Waals surface area (Å²) in [5.41, 5.74) is 0.380. The highest BCUT2D eigenvalue weighted by Gasteiger charge is 2.20. The van der Waals surface area contributed by atoms with Gasteiger partial charge in [-0.05, 0) is 24.1 Å². The average Bonchev–Trinajstić information content (AvgIpc) is 2.27. The van der Waals surface area contributed by atoms with E-state index in [1.807, 2.05) is 13.8 Å². The molecule has 17 heavy (non-hydrogen) atoms. The first kappa shape index (κ1) is 14.1. The van der Waals surface area contributed by atoms with Crippen LogP contribution in [0.15, 0.2) is 18.2 Å². The number of rotatable bonds is 6. The maximum atomic E-state index is 12.9. The minimum atomic E-state index is -0.567. The highest BCUT2D eigenvalue weighted by Crippen LogP contribution is 2.18. The Labute approximate surface area is 101 Å². The fraction of sp³-hybridized carbons (Fsp3) is 0.538. The fourth-order valence-corrected chi connectivity index (χ4v) is 1.51. The highest BCUT2D eigenvalue weighted by molar-refractivity contribution is 5.17. The van der Waals surface area contributed by atoms with Crippen molar-refractivity contribution in [3.63, 3.8) is 0 Å². The van der Waals surface area contributed by atoms with E-state index in [9.17, 15) is 13.9 Å². The van der Waals surface area contributed by atoms with Gasteiger partial charge in [0.15, 0.2) is 0 Å². The van der Waals surface area contributed by atoms with E-state index in [0.29, 0.717) is 18.7 Å². The van der Waals surface area contributed by atoms with Gasteiger partial charge in [0.1, 0.15) is 11.6 Å². The van der Waals surface area contributed by atoms with Gasteiger partial charge in [-0.2, -0.15) is 0 Å². The molecule has 4 heteroatoms. The molecule has 0 heterocycles. The van der Waals surface area contributed by atoms with Crippen LogP contribution in [0.1, 0.15) is 25.8 Å². The van der Waals surface area contributed by atoms with Crippen LogP contribution in [-0.2, 0) is 6.54 Å². The van der Waals surface area contributed by atoms with Gasteiger partial charge in [0, 0.05) is 31.2 Å². The third kappa shape index (κ3) is 4.40. The van der Waals surface area contributed by atoms with Crippen molar-refractivity contribution in [2.75, 3.05) is 13.2 Å². The Morgan fingerprint density at radius 3 is 2.29 bits per heavy atom. The summed E-state index contributed by atoms with van der Waals surface area (Å²) >= 11 is 0. The molecule has 1 rings (SSSR count). The first-order chi connectivity index (χ1) is 7.99. The minimum Gasteiger partial charge on any atom is -0.396 e. The molecule has 0 radical (unpaired) electrons. The third-order valence-corrected chi connectivity index (χ3v) is 3.04. The summed E-state index contributed by atoms with van der Waals surface area (Å²) in [6.07, 6.45) is 0.841. The number of hydrogen-bond acceptors (Lipinski definition) is 2. The number of nitrogens with one attached hydrogen (secondary N) is 1. The van der Waals surface area contributed by atoms with Crippen molar-refractivity contribution in [1.82, 2.24) is 5.32 Å². The van der Waals surface area contributed by atoms with Crippen LogP contribution in [0, 0.1) is 17.0 Å². The Kier molecular flexibility index (Phi) is 5.02. The van der Waals surface area contributed by atoms with Crippen molar-refractivity contribution >= 4 is 0 Å².